The molecule has 1 aliphatic rings. The second kappa shape index (κ2) is 5.09. The second-order valence-electron chi connectivity index (χ2n) is 4.37. The molecule has 10 heteroatoms. The van der Waals surface area contributed by atoms with Crippen molar-refractivity contribution in [2.24, 2.45) is 0 Å². The number of halogens is 1. The number of anilines is 1. The Morgan fingerprint density at radius 2 is 2.05 bits per heavy atom. The summed E-state index contributed by atoms with van der Waals surface area (Å²) < 4.78 is 1.41. The molecule has 0 saturated carbocycles. The third-order valence-corrected chi connectivity index (χ3v) is 3.14. The van der Waals surface area contributed by atoms with Crippen molar-refractivity contribution < 1.29 is 9.59 Å². The Labute approximate surface area is 124 Å². The summed E-state index contributed by atoms with van der Waals surface area (Å²) >= 11 is 5.89. The highest BCUT2D eigenvalue weighted by atomic mass is 35.5. The Kier molecular flexibility index (Phi) is 3.26. The van der Waals surface area contributed by atoms with Crippen LogP contribution < -0.4 is 10.2 Å². The number of hydrogen-bond donors (Lipinski definition) is 1. The van der Waals surface area contributed by atoms with Gasteiger partial charge in [0.2, 0.25) is 23.0 Å². The summed E-state index contributed by atoms with van der Waals surface area (Å²) in [6.07, 6.45) is 3.21. The first kappa shape index (κ1) is 13.4. The van der Waals surface area contributed by atoms with E-state index >= 15 is 0 Å². The van der Waals surface area contributed by atoms with E-state index < -0.39 is 17.9 Å². The Bertz CT molecular complexity index is 703. The van der Waals surface area contributed by atoms with Crippen molar-refractivity contribution in [3.8, 4) is 5.95 Å². The van der Waals surface area contributed by atoms with Gasteiger partial charge in [-0.25, -0.2) is 4.68 Å². The van der Waals surface area contributed by atoms with E-state index in [4.69, 9.17) is 11.6 Å². The van der Waals surface area contributed by atoms with E-state index in [1.807, 2.05) is 0 Å². The van der Waals surface area contributed by atoms with Gasteiger partial charge in [-0.2, -0.15) is 20.1 Å². The van der Waals surface area contributed by atoms with Crippen LogP contribution in [0.4, 0.5) is 5.95 Å². The van der Waals surface area contributed by atoms with Gasteiger partial charge in [-0.05, 0) is 24.6 Å². The maximum Gasteiger partial charge on any atom is 0.256 e. The van der Waals surface area contributed by atoms with E-state index in [-0.39, 0.29) is 23.7 Å². The third-order valence-electron chi connectivity index (χ3n) is 2.97. The average molecular weight is 308 g/mol. The van der Waals surface area contributed by atoms with Gasteiger partial charge in [0.05, 0.1) is 0 Å². The molecular weight excluding hydrogens is 298 g/mol. The summed E-state index contributed by atoms with van der Waals surface area (Å²) in [5, 5.41) is 6.20. The number of aromatic nitrogens is 5. The fourth-order valence-electron chi connectivity index (χ4n) is 1.91. The molecule has 21 heavy (non-hydrogen) atoms. The number of imide groups is 1. The molecule has 3 rings (SSSR count). The second-order valence-corrected chi connectivity index (χ2v) is 4.71. The van der Waals surface area contributed by atoms with Crippen molar-refractivity contribution in [2.45, 2.75) is 13.0 Å². The number of rotatable bonds is 2. The van der Waals surface area contributed by atoms with Crippen LogP contribution in [0.2, 0.25) is 5.28 Å². The first-order valence-electron chi connectivity index (χ1n) is 6.06. The lowest BCUT2D eigenvalue weighted by Gasteiger charge is -2.31. The van der Waals surface area contributed by atoms with Crippen molar-refractivity contribution >= 4 is 29.4 Å². The van der Waals surface area contributed by atoms with E-state index in [1.165, 1.54) is 9.58 Å². The quantitative estimate of drug-likeness (QED) is 0.750. The molecule has 1 N–H and O–H groups in total. The minimum absolute atomic E-state index is 0.0359. The molecule has 0 aliphatic carbocycles. The van der Waals surface area contributed by atoms with Gasteiger partial charge in [0.15, 0.2) is 0 Å². The fourth-order valence-corrected chi connectivity index (χ4v) is 2.06. The third kappa shape index (κ3) is 2.55. The lowest BCUT2D eigenvalue weighted by molar-refractivity contribution is -0.132. The number of carbonyl (C=O) groups is 2. The first-order chi connectivity index (χ1) is 10.0. The topological polar surface area (TPSA) is 106 Å². The minimum Gasteiger partial charge on any atom is -0.320 e. The van der Waals surface area contributed by atoms with Crippen LogP contribution in [-0.4, -0.2) is 49.1 Å². The summed E-state index contributed by atoms with van der Waals surface area (Å²) in [4.78, 5) is 36.8. The fraction of sp³-hybridized carbons (Fsp3) is 0.273. The Morgan fingerprint density at radius 3 is 2.76 bits per heavy atom. The van der Waals surface area contributed by atoms with Crippen molar-refractivity contribution in [1.82, 2.24) is 30.0 Å². The van der Waals surface area contributed by atoms with Crippen molar-refractivity contribution in [3.05, 3.63) is 23.7 Å². The molecule has 2 aromatic rings. The zero-order chi connectivity index (χ0) is 15.0. The van der Waals surface area contributed by atoms with E-state index in [0.29, 0.717) is 0 Å². The van der Waals surface area contributed by atoms with Crippen LogP contribution in [0.3, 0.4) is 0 Å². The van der Waals surface area contributed by atoms with Gasteiger partial charge in [0.25, 0.3) is 5.95 Å². The maximum atomic E-state index is 11.7. The standard InChI is InChI=1S/C11H10ClN7O2/c1-6-8(21)14-7(20)5-18(6)10-15-9(12)16-11(17-10)19-4-2-3-13-19/h2-4,6H,5H2,1H3,(H,14,20,21). The van der Waals surface area contributed by atoms with E-state index in [9.17, 15) is 9.59 Å². The lowest BCUT2D eigenvalue weighted by atomic mass is 10.2. The molecule has 9 nitrogen and oxygen atoms in total. The predicted octanol–water partition coefficient (Wildman–Crippen LogP) is -0.438. The van der Waals surface area contributed by atoms with Crippen LogP contribution in [0.15, 0.2) is 18.5 Å². The van der Waals surface area contributed by atoms with Gasteiger partial charge in [-0.1, -0.05) is 0 Å². The molecular formula is C11H10ClN7O2. The van der Waals surface area contributed by atoms with Crippen LogP contribution >= 0.6 is 11.6 Å². The number of nitrogens with zero attached hydrogens (tertiary/aromatic N) is 6. The molecule has 0 spiro atoms. The van der Waals surface area contributed by atoms with Gasteiger partial charge in [-0.15, -0.1) is 0 Å². The highest BCUT2D eigenvalue weighted by Crippen LogP contribution is 2.17. The van der Waals surface area contributed by atoms with Crippen molar-refractivity contribution in [2.75, 3.05) is 11.4 Å². The molecule has 0 bridgehead atoms. The normalized spacial score (nSPS) is 18.8. The number of amides is 2. The van der Waals surface area contributed by atoms with Crippen LogP contribution in [0.25, 0.3) is 5.95 Å². The Hall–Kier alpha value is -2.55. The van der Waals surface area contributed by atoms with Crippen LogP contribution in [0.1, 0.15) is 6.92 Å². The molecule has 108 valence electrons. The van der Waals surface area contributed by atoms with Crippen LogP contribution in [0.5, 0.6) is 0 Å². The molecule has 2 aromatic heterocycles. The predicted molar refractivity (Wildman–Crippen MR) is 71.9 cm³/mol. The lowest BCUT2D eigenvalue weighted by Crippen LogP contribution is -2.57. The first-order valence-corrected chi connectivity index (χ1v) is 6.44. The SMILES string of the molecule is CC1C(=O)NC(=O)CN1c1nc(Cl)nc(-n2cccn2)n1. The summed E-state index contributed by atoms with van der Waals surface area (Å²) in [6.45, 7) is 1.61. The Morgan fingerprint density at radius 1 is 1.29 bits per heavy atom. The summed E-state index contributed by atoms with van der Waals surface area (Å²) in [5.41, 5.74) is 0. The molecule has 1 atom stereocenters. The number of carbonyl (C=O) groups excluding carboxylic acids is 2. The number of piperazine rings is 1. The van der Waals surface area contributed by atoms with Gasteiger partial charge in [-0.3, -0.25) is 14.9 Å². The van der Waals surface area contributed by atoms with Crippen LogP contribution in [0, 0.1) is 0 Å². The van der Waals surface area contributed by atoms with Crippen LogP contribution in [-0.2, 0) is 9.59 Å². The van der Waals surface area contributed by atoms with Gasteiger partial charge < -0.3 is 4.90 Å². The summed E-state index contributed by atoms with van der Waals surface area (Å²) in [7, 11) is 0. The summed E-state index contributed by atoms with van der Waals surface area (Å²) in [5.74, 6) is -0.476. The van der Waals surface area contributed by atoms with E-state index in [2.05, 4.69) is 25.4 Å². The van der Waals surface area contributed by atoms with E-state index in [0.717, 1.165) is 0 Å². The molecule has 1 fully saturated rings. The molecule has 0 aromatic carbocycles. The maximum absolute atomic E-state index is 11.7. The average Bonchev–Trinajstić information content (AvgIpc) is 2.96. The van der Waals surface area contributed by atoms with Crippen molar-refractivity contribution in [1.29, 1.82) is 0 Å². The number of nitrogens with one attached hydrogen (secondary N) is 1. The smallest absolute Gasteiger partial charge is 0.256 e. The summed E-state index contributed by atoms with van der Waals surface area (Å²) in [6, 6.07) is 1.12. The zero-order valence-electron chi connectivity index (χ0n) is 10.9. The molecule has 2 amide bonds. The van der Waals surface area contributed by atoms with Gasteiger partial charge in [0, 0.05) is 12.4 Å². The highest BCUT2D eigenvalue weighted by molar-refractivity contribution is 6.28. The van der Waals surface area contributed by atoms with Crippen molar-refractivity contribution in [3.63, 3.8) is 0 Å². The largest absolute Gasteiger partial charge is 0.320 e. The van der Waals surface area contributed by atoms with E-state index in [1.54, 1.807) is 25.4 Å². The Balaban J connectivity index is 2.02. The zero-order valence-corrected chi connectivity index (χ0v) is 11.7. The molecule has 1 unspecified atom stereocenters. The minimum atomic E-state index is -0.591. The van der Waals surface area contributed by atoms with Gasteiger partial charge >= 0.3 is 0 Å². The van der Waals surface area contributed by atoms with Gasteiger partial charge in [0.1, 0.15) is 12.6 Å². The molecule has 0 radical (unpaired) electrons. The monoisotopic (exact) mass is 307 g/mol. The number of hydrogen-bond acceptors (Lipinski definition) is 7. The molecule has 1 aliphatic heterocycles. The highest BCUT2D eigenvalue weighted by Gasteiger charge is 2.32. The molecule has 1 saturated heterocycles. The molecule has 3 heterocycles.